The van der Waals surface area contributed by atoms with Crippen LogP contribution in [0.15, 0.2) is 10.6 Å². The Morgan fingerprint density at radius 2 is 2.25 bits per heavy atom. The Kier molecular flexibility index (Phi) is 4.42. The second-order valence-electron chi connectivity index (χ2n) is 5.58. The second-order valence-corrected chi connectivity index (χ2v) is 5.58. The summed E-state index contributed by atoms with van der Waals surface area (Å²) in [4.78, 5) is 26.0. The Hall–Kier alpha value is -1.85. The molecule has 20 heavy (non-hydrogen) atoms. The molecule has 6 nitrogen and oxygen atoms in total. The maximum Gasteiger partial charge on any atom is 0.276 e. The molecule has 0 aliphatic carbocycles. The highest BCUT2D eigenvalue weighted by Crippen LogP contribution is 2.19. The number of rotatable bonds is 3. The Labute approximate surface area is 118 Å². The number of aryl methyl sites for hydroxylation is 1. The molecule has 0 bridgehead atoms. The van der Waals surface area contributed by atoms with E-state index >= 15 is 0 Å². The van der Waals surface area contributed by atoms with E-state index in [1.807, 2.05) is 13.8 Å². The van der Waals surface area contributed by atoms with Crippen LogP contribution < -0.4 is 5.32 Å². The van der Waals surface area contributed by atoms with Gasteiger partial charge in [0.1, 0.15) is 5.76 Å². The van der Waals surface area contributed by atoms with Crippen molar-refractivity contribution in [1.29, 1.82) is 0 Å². The summed E-state index contributed by atoms with van der Waals surface area (Å²) < 4.78 is 4.93. The van der Waals surface area contributed by atoms with E-state index in [0.717, 1.165) is 12.8 Å². The first kappa shape index (κ1) is 14.6. The molecular weight excluding hydrogens is 258 g/mol. The average molecular weight is 279 g/mol. The largest absolute Gasteiger partial charge is 0.361 e. The molecule has 1 aromatic rings. The average Bonchev–Trinajstić information content (AvgIpc) is 2.84. The third-order valence-electron chi connectivity index (χ3n) is 3.36. The highest BCUT2D eigenvalue weighted by Gasteiger charge is 2.30. The van der Waals surface area contributed by atoms with Gasteiger partial charge in [-0.25, -0.2) is 0 Å². The van der Waals surface area contributed by atoms with Gasteiger partial charge in [0.05, 0.1) is 5.92 Å². The molecule has 1 atom stereocenters. The summed E-state index contributed by atoms with van der Waals surface area (Å²) in [6, 6.07) is 1.74. The van der Waals surface area contributed by atoms with Crippen LogP contribution in [0, 0.1) is 12.8 Å². The van der Waals surface area contributed by atoms with Gasteiger partial charge in [-0.15, -0.1) is 0 Å². The quantitative estimate of drug-likeness (QED) is 0.906. The number of likely N-dealkylation sites (tertiary alicyclic amines) is 1. The molecule has 1 aromatic heterocycles. The summed E-state index contributed by atoms with van der Waals surface area (Å²) in [5, 5.41) is 6.65. The minimum absolute atomic E-state index is 0.0221. The predicted octanol–water partition coefficient (Wildman–Crippen LogP) is 1.36. The number of nitrogens with one attached hydrogen (secondary N) is 1. The first-order valence-electron chi connectivity index (χ1n) is 7.00. The molecule has 1 aliphatic heterocycles. The lowest BCUT2D eigenvalue weighted by atomic mass is 9.96. The molecule has 1 aliphatic rings. The van der Waals surface area contributed by atoms with Crippen molar-refractivity contribution in [2.45, 2.75) is 39.7 Å². The van der Waals surface area contributed by atoms with Crippen LogP contribution >= 0.6 is 0 Å². The lowest BCUT2D eigenvalue weighted by Crippen LogP contribution is -2.46. The number of hydrogen-bond acceptors (Lipinski definition) is 4. The van der Waals surface area contributed by atoms with E-state index in [9.17, 15) is 9.59 Å². The summed E-state index contributed by atoms with van der Waals surface area (Å²) in [6.45, 7) is 6.72. The molecule has 1 saturated heterocycles. The third kappa shape index (κ3) is 3.37. The molecule has 2 rings (SSSR count). The molecule has 1 fully saturated rings. The number of hydrogen-bond donors (Lipinski definition) is 1. The number of amides is 2. The van der Waals surface area contributed by atoms with Gasteiger partial charge >= 0.3 is 0 Å². The monoisotopic (exact) mass is 279 g/mol. The van der Waals surface area contributed by atoms with Crippen molar-refractivity contribution in [2.75, 3.05) is 13.1 Å². The van der Waals surface area contributed by atoms with Gasteiger partial charge in [-0.05, 0) is 33.6 Å². The van der Waals surface area contributed by atoms with E-state index in [4.69, 9.17) is 4.52 Å². The minimum atomic E-state index is -0.163. The number of piperidine rings is 1. The summed E-state index contributed by atoms with van der Waals surface area (Å²) >= 11 is 0. The fourth-order valence-electron chi connectivity index (χ4n) is 2.41. The number of carbonyl (C=O) groups excluding carboxylic acids is 2. The molecule has 0 radical (unpaired) electrons. The van der Waals surface area contributed by atoms with Crippen LogP contribution in [0.4, 0.5) is 0 Å². The topological polar surface area (TPSA) is 75.4 Å². The van der Waals surface area contributed by atoms with Crippen LogP contribution in [0.2, 0.25) is 0 Å². The van der Waals surface area contributed by atoms with Gasteiger partial charge in [-0.2, -0.15) is 0 Å². The molecular formula is C14H21N3O3. The van der Waals surface area contributed by atoms with Gasteiger partial charge in [-0.3, -0.25) is 9.59 Å². The Morgan fingerprint density at radius 3 is 2.85 bits per heavy atom. The van der Waals surface area contributed by atoms with E-state index in [-0.39, 0.29) is 23.8 Å². The third-order valence-corrected chi connectivity index (χ3v) is 3.36. The number of nitrogens with zero attached hydrogens (tertiary/aromatic N) is 2. The summed E-state index contributed by atoms with van der Waals surface area (Å²) in [5.41, 5.74) is 0.312. The number of aromatic nitrogens is 1. The maximum absolute atomic E-state index is 12.3. The van der Waals surface area contributed by atoms with Gasteiger partial charge in [0, 0.05) is 25.2 Å². The SMILES string of the molecule is Cc1cc(C(=O)N2CCCC(C(=O)NC(C)C)C2)no1. The smallest absolute Gasteiger partial charge is 0.276 e. The number of carbonyl (C=O) groups is 2. The van der Waals surface area contributed by atoms with E-state index < -0.39 is 0 Å². The fourth-order valence-corrected chi connectivity index (χ4v) is 2.41. The maximum atomic E-state index is 12.3. The lowest BCUT2D eigenvalue weighted by Gasteiger charge is -2.31. The van der Waals surface area contributed by atoms with Crippen LogP contribution in [0.25, 0.3) is 0 Å². The first-order valence-corrected chi connectivity index (χ1v) is 7.00. The van der Waals surface area contributed by atoms with Crippen LogP contribution in [0.3, 0.4) is 0 Å². The van der Waals surface area contributed by atoms with Crippen molar-refractivity contribution in [3.05, 3.63) is 17.5 Å². The Bertz CT molecular complexity index is 496. The Morgan fingerprint density at radius 1 is 1.50 bits per heavy atom. The standard InChI is InChI=1S/C14H21N3O3/c1-9(2)15-13(18)11-5-4-6-17(8-11)14(19)12-7-10(3)20-16-12/h7,9,11H,4-6,8H2,1-3H3,(H,15,18). The first-order chi connectivity index (χ1) is 9.47. The molecule has 110 valence electrons. The van der Waals surface area contributed by atoms with E-state index in [1.165, 1.54) is 0 Å². The van der Waals surface area contributed by atoms with Crippen molar-refractivity contribution < 1.29 is 14.1 Å². The van der Waals surface area contributed by atoms with E-state index in [2.05, 4.69) is 10.5 Å². The van der Waals surface area contributed by atoms with Gasteiger partial charge in [-0.1, -0.05) is 5.16 Å². The van der Waals surface area contributed by atoms with Crippen molar-refractivity contribution >= 4 is 11.8 Å². The zero-order chi connectivity index (χ0) is 14.7. The van der Waals surface area contributed by atoms with Gasteiger partial charge in [0.2, 0.25) is 5.91 Å². The van der Waals surface area contributed by atoms with Crippen molar-refractivity contribution in [3.63, 3.8) is 0 Å². The molecule has 0 aromatic carbocycles. The zero-order valence-electron chi connectivity index (χ0n) is 12.2. The van der Waals surface area contributed by atoms with Gasteiger partial charge in [0.15, 0.2) is 5.69 Å². The second kappa shape index (κ2) is 6.07. The van der Waals surface area contributed by atoms with Crippen LogP contribution in [0.1, 0.15) is 42.9 Å². The molecule has 0 spiro atoms. The predicted molar refractivity (Wildman–Crippen MR) is 73.1 cm³/mol. The van der Waals surface area contributed by atoms with Crippen LogP contribution in [-0.2, 0) is 4.79 Å². The zero-order valence-corrected chi connectivity index (χ0v) is 12.2. The highest BCUT2D eigenvalue weighted by atomic mass is 16.5. The summed E-state index contributed by atoms with van der Waals surface area (Å²) in [5.74, 6) is 0.334. The molecule has 2 amide bonds. The van der Waals surface area contributed by atoms with E-state index in [0.29, 0.717) is 24.5 Å². The van der Waals surface area contributed by atoms with Gasteiger partial charge in [0.25, 0.3) is 5.91 Å². The molecule has 0 saturated carbocycles. The molecule has 6 heteroatoms. The molecule has 2 heterocycles. The van der Waals surface area contributed by atoms with E-state index in [1.54, 1.807) is 17.9 Å². The highest BCUT2D eigenvalue weighted by molar-refractivity contribution is 5.92. The molecule has 1 unspecified atom stereocenters. The van der Waals surface area contributed by atoms with Crippen molar-refractivity contribution in [2.24, 2.45) is 5.92 Å². The summed E-state index contributed by atoms with van der Waals surface area (Å²) in [7, 11) is 0. The van der Waals surface area contributed by atoms with Crippen LogP contribution in [-0.4, -0.2) is 41.0 Å². The van der Waals surface area contributed by atoms with Crippen molar-refractivity contribution in [3.8, 4) is 0 Å². The minimum Gasteiger partial charge on any atom is -0.361 e. The Balaban J connectivity index is 1.99. The fraction of sp³-hybridized carbons (Fsp3) is 0.643. The van der Waals surface area contributed by atoms with Crippen LogP contribution in [0.5, 0.6) is 0 Å². The normalized spacial score (nSPS) is 19.2. The molecule has 1 N–H and O–H groups in total. The lowest BCUT2D eigenvalue weighted by molar-refractivity contribution is -0.126. The van der Waals surface area contributed by atoms with Crippen molar-refractivity contribution in [1.82, 2.24) is 15.4 Å². The summed E-state index contributed by atoms with van der Waals surface area (Å²) in [6.07, 6.45) is 1.65. The van der Waals surface area contributed by atoms with Gasteiger partial charge < -0.3 is 14.7 Å².